The van der Waals surface area contributed by atoms with Crippen molar-refractivity contribution in [1.82, 2.24) is 4.98 Å². The number of nitrogens with zero attached hydrogens (tertiary/aromatic N) is 2. The Bertz CT molecular complexity index is 3510. The molecule has 3 aromatic heterocycles. The molecule has 0 bridgehead atoms. The molecule has 3 heterocycles. The van der Waals surface area contributed by atoms with Gasteiger partial charge in [0.25, 0.3) is 0 Å². The maximum absolute atomic E-state index is 6.44. The van der Waals surface area contributed by atoms with Crippen LogP contribution in [0.1, 0.15) is 0 Å². The molecule has 0 unspecified atom stereocenters. The monoisotopic (exact) mass is 770 g/mol. The normalized spacial score (nSPS) is 11.7. The van der Waals surface area contributed by atoms with Gasteiger partial charge in [-0.3, -0.25) is 0 Å². The molecule has 5 heteroatoms. The smallest absolute Gasteiger partial charge is 0.227 e. The summed E-state index contributed by atoms with van der Waals surface area (Å²) in [6.45, 7) is 0. The highest BCUT2D eigenvalue weighted by atomic mass is 16.4. The molecular formula is C55H34N2O3. The summed E-state index contributed by atoms with van der Waals surface area (Å²) in [4.78, 5) is 7.09. The third kappa shape index (κ3) is 5.67. The zero-order chi connectivity index (χ0) is 39.6. The Labute approximate surface area is 345 Å². The van der Waals surface area contributed by atoms with Crippen molar-refractivity contribution in [3.05, 3.63) is 206 Å². The SMILES string of the molecule is c1ccc(-c2ccc(N(c3ccc(-c4ccc5c(c4)oc4ccc6nc(-c7ccccc7)oc6c45)cc3)c3ccc(-c4cccc5c4oc4ccccc45)cc3)cc2)cc1. The molecule has 5 nitrogen and oxygen atoms in total. The number of hydrogen-bond acceptors (Lipinski definition) is 5. The Kier molecular flexibility index (Phi) is 7.78. The molecule has 12 aromatic rings. The van der Waals surface area contributed by atoms with E-state index in [2.05, 4.69) is 150 Å². The van der Waals surface area contributed by atoms with E-state index in [9.17, 15) is 0 Å². The number of para-hydroxylation sites is 2. The van der Waals surface area contributed by atoms with Crippen LogP contribution in [-0.4, -0.2) is 4.98 Å². The summed E-state index contributed by atoms with van der Waals surface area (Å²) in [5.74, 6) is 0.599. The van der Waals surface area contributed by atoms with Crippen LogP contribution in [-0.2, 0) is 0 Å². The quantitative estimate of drug-likeness (QED) is 0.162. The Morgan fingerprint density at radius 1 is 0.333 bits per heavy atom. The number of rotatable bonds is 7. The molecular weight excluding hydrogens is 737 g/mol. The third-order valence-electron chi connectivity index (χ3n) is 11.5. The second-order valence-electron chi connectivity index (χ2n) is 15.1. The van der Waals surface area contributed by atoms with Crippen LogP contribution in [0.3, 0.4) is 0 Å². The van der Waals surface area contributed by atoms with Gasteiger partial charge >= 0.3 is 0 Å². The number of benzene rings is 9. The van der Waals surface area contributed by atoms with Gasteiger partial charge in [-0.05, 0) is 107 Å². The van der Waals surface area contributed by atoms with Crippen molar-refractivity contribution < 1.29 is 13.3 Å². The first-order valence-electron chi connectivity index (χ1n) is 20.1. The van der Waals surface area contributed by atoms with E-state index < -0.39 is 0 Å². The van der Waals surface area contributed by atoms with Gasteiger partial charge in [-0.25, -0.2) is 4.98 Å². The molecule has 9 aromatic carbocycles. The molecule has 282 valence electrons. The van der Waals surface area contributed by atoms with Crippen molar-refractivity contribution in [2.24, 2.45) is 0 Å². The van der Waals surface area contributed by atoms with Crippen LogP contribution in [0.2, 0.25) is 0 Å². The molecule has 12 rings (SSSR count). The number of hydrogen-bond donors (Lipinski definition) is 0. The van der Waals surface area contributed by atoms with E-state index in [0.717, 1.165) is 99.9 Å². The zero-order valence-corrected chi connectivity index (χ0v) is 32.2. The van der Waals surface area contributed by atoms with Crippen molar-refractivity contribution in [2.45, 2.75) is 0 Å². The van der Waals surface area contributed by atoms with Crippen LogP contribution in [0.4, 0.5) is 17.1 Å². The highest BCUT2D eigenvalue weighted by Gasteiger charge is 2.19. The minimum atomic E-state index is 0.599. The van der Waals surface area contributed by atoms with Gasteiger partial charge in [0.2, 0.25) is 5.89 Å². The van der Waals surface area contributed by atoms with Crippen LogP contribution in [0.15, 0.2) is 220 Å². The molecule has 0 amide bonds. The molecule has 0 saturated heterocycles. The summed E-state index contributed by atoms with van der Waals surface area (Å²) < 4.78 is 19.2. The number of aromatic nitrogens is 1. The Morgan fingerprint density at radius 3 is 1.63 bits per heavy atom. The summed E-state index contributed by atoms with van der Waals surface area (Å²) in [6.07, 6.45) is 0. The number of oxazole rings is 1. The van der Waals surface area contributed by atoms with Gasteiger partial charge < -0.3 is 18.2 Å². The van der Waals surface area contributed by atoms with Gasteiger partial charge in [0.1, 0.15) is 27.8 Å². The van der Waals surface area contributed by atoms with Crippen LogP contribution in [0.5, 0.6) is 0 Å². The van der Waals surface area contributed by atoms with Gasteiger partial charge in [-0.2, -0.15) is 0 Å². The second-order valence-corrected chi connectivity index (χ2v) is 15.1. The lowest BCUT2D eigenvalue weighted by Crippen LogP contribution is -2.09. The fourth-order valence-corrected chi connectivity index (χ4v) is 8.58. The predicted octanol–water partition coefficient (Wildman–Crippen LogP) is 15.8. The standard InChI is InChI=1S/C55H34N2O3/c1-3-10-35(11-4-1)36-18-25-41(26-19-36)57(43-29-22-38(23-30-43)44-15-9-16-46-45-14-7-8-17-49(45)59-53(44)46)42-27-20-37(21-28-42)40-24-31-47-51(34-40)58-50-33-32-48-54(52(47)50)60-55(56-48)39-12-5-2-6-13-39/h1-34H. The molecule has 0 aliphatic rings. The fourth-order valence-electron chi connectivity index (χ4n) is 8.58. The lowest BCUT2D eigenvalue weighted by Gasteiger charge is -2.26. The van der Waals surface area contributed by atoms with Crippen LogP contribution >= 0.6 is 0 Å². The highest BCUT2D eigenvalue weighted by Crippen LogP contribution is 2.42. The van der Waals surface area contributed by atoms with E-state index in [1.54, 1.807) is 0 Å². The molecule has 0 N–H and O–H groups in total. The maximum atomic E-state index is 6.44. The molecule has 0 spiro atoms. The summed E-state index contributed by atoms with van der Waals surface area (Å²) in [6, 6.07) is 71.7. The van der Waals surface area contributed by atoms with Crippen LogP contribution < -0.4 is 4.90 Å². The Balaban J connectivity index is 0.907. The zero-order valence-electron chi connectivity index (χ0n) is 32.2. The van der Waals surface area contributed by atoms with Crippen LogP contribution in [0.25, 0.3) is 99.8 Å². The maximum Gasteiger partial charge on any atom is 0.227 e. The van der Waals surface area contributed by atoms with E-state index in [-0.39, 0.29) is 0 Å². The molecule has 0 aliphatic heterocycles. The summed E-state index contributed by atoms with van der Waals surface area (Å²) in [5, 5.41) is 4.18. The topological polar surface area (TPSA) is 55.6 Å². The first-order valence-corrected chi connectivity index (χ1v) is 20.1. The van der Waals surface area contributed by atoms with Crippen molar-refractivity contribution >= 4 is 72.0 Å². The molecule has 60 heavy (non-hydrogen) atoms. The van der Waals surface area contributed by atoms with Gasteiger partial charge in [0.05, 0.1) is 5.39 Å². The second kappa shape index (κ2) is 13.8. The minimum absolute atomic E-state index is 0.599. The van der Waals surface area contributed by atoms with Crippen molar-refractivity contribution in [2.75, 3.05) is 4.90 Å². The van der Waals surface area contributed by atoms with E-state index in [1.807, 2.05) is 60.7 Å². The minimum Gasteiger partial charge on any atom is -0.456 e. The van der Waals surface area contributed by atoms with E-state index >= 15 is 0 Å². The first-order chi connectivity index (χ1) is 29.7. The van der Waals surface area contributed by atoms with E-state index in [0.29, 0.717) is 5.89 Å². The van der Waals surface area contributed by atoms with Crippen molar-refractivity contribution in [3.8, 4) is 44.8 Å². The molecule has 0 radical (unpaired) electrons. The average Bonchev–Trinajstić information content (AvgIpc) is 4.04. The van der Waals surface area contributed by atoms with Crippen LogP contribution in [0, 0.1) is 0 Å². The van der Waals surface area contributed by atoms with Crippen molar-refractivity contribution in [3.63, 3.8) is 0 Å². The summed E-state index contributed by atoms with van der Waals surface area (Å²) in [7, 11) is 0. The lowest BCUT2D eigenvalue weighted by molar-refractivity contribution is 0.622. The molecule has 0 atom stereocenters. The third-order valence-corrected chi connectivity index (χ3v) is 11.5. The summed E-state index contributed by atoms with van der Waals surface area (Å²) >= 11 is 0. The average molecular weight is 771 g/mol. The number of fused-ring (bicyclic) bond motifs is 8. The lowest BCUT2D eigenvalue weighted by atomic mass is 10.0. The largest absolute Gasteiger partial charge is 0.456 e. The Hall–Kier alpha value is -8.15. The number of furan rings is 2. The van der Waals surface area contributed by atoms with Crippen molar-refractivity contribution in [1.29, 1.82) is 0 Å². The molecule has 0 aliphatic carbocycles. The first kappa shape index (κ1) is 33.9. The van der Waals surface area contributed by atoms with Gasteiger partial charge in [0.15, 0.2) is 5.58 Å². The predicted molar refractivity (Wildman–Crippen MR) is 245 cm³/mol. The number of anilines is 3. The molecule has 0 saturated carbocycles. The Morgan fingerprint density at radius 2 is 0.917 bits per heavy atom. The van der Waals surface area contributed by atoms with Gasteiger partial charge in [-0.1, -0.05) is 127 Å². The highest BCUT2D eigenvalue weighted by molar-refractivity contribution is 6.17. The summed E-state index contributed by atoms with van der Waals surface area (Å²) in [5.41, 5.74) is 15.7. The fraction of sp³-hybridized carbons (Fsp3) is 0. The van der Waals surface area contributed by atoms with Gasteiger partial charge in [0, 0.05) is 44.3 Å². The van der Waals surface area contributed by atoms with Gasteiger partial charge in [-0.15, -0.1) is 0 Å². The van der Waals surface area contributed by atoms with E-state index in [4.69, 9.17) is 18.2 Å². The molecule has 0 fully saturated rings. The van der Waals surface area contributed by atoms with E-state index in [1.165, 1.54) is 11.1 Å².